The maximum absolute atomic E-state index is 13.3. The smallest absolute Gasteiger partial charge is 0.261 e. The highest BCUT2D eigenvalue weighted by Crippen LogP contribution is 2.53. The maximum atomic E-state index is 13.3. The van der Waals surface area contributed by atoms with Crippen molar-refractivity contribution in [2.45, 2.75) is 78.1 Å². The van der Waals surface area contributed by atoms with Crippen LogP contribution in [0, 0.1) is 12.8 Å². The first-order valence-corrected chi connectivity index (χ1v) is 15.2. The second-order valence-electron chi connectivity index (χ2n) is 13.3. The van der Waals surface area contributed by atoms with Crippen LogP contribution in [0.1, 0.15) is 114 Å². The standard InChI is InChI=1S/C37H40N2O5/c1-22-11-18-30-31(19-22)36(4,5)21-37(30,6)26-13-15-27(16-14-26)39(24(3)40)32(41)10-8-9-23(2)33(42)25-12-17-28-29(20-25)35(44)38(7)34(28)43/h11-20,23H,8-10,21H2,1-7H3. The molecule has 4 amide bonds. The number of hydrogen-bond acceptors (Lipinski definition) is 5. The molecule has 228 valence electrons. The molecule has 2 atom stereocenters. The number of carbonyl (C=O) groups is 5. The van der Waals surface area contributed by atoms with Crippen molar-refractivity contribution in [1.82, 2.24) is 4.90 Å². The van der Waals surface area contributed by atoms with Gasteiger partial charge in [0.1, 0.15) is 0 Å². The summed E-state index contributed by atoms with van der Waals surface area (Å²) in [7, 11) is 1.42. The van der Waals surface area contributed by atoms with Crippen molar-refractivity contribution in [3.05, 3.63) is 99.6 Å². The number of anilines is 1. The van der Waals surface area contributed by atoms with E-state index >= 15 is 0 Å². The Morgan fingerprint density at radius 3 is 2.20 bits per heavy atom. The third kappa shape index (κ3) is 5.29. The van der Waals surface area contributed by atoms with Crippen molar-refractivity contribution in [3.8, 4) is 0 Å². The summed E-state index contributed by atoms with van der Waals surface area (Å²) in [5.74, 6) is -2.03. The van der Waals surface area contributed by atoms with Crippen molar-refractivity contribution in [3.63, 3.8) is 0 Å². The quantitative estimate of drug-likeness (QED) is 0.213. The SMILES string of the molecule is CC(=O)N(C(=O)CCCC(C)C(=O)c1ccc2c(c1)C(=O)N(C)C2=O)c1ccc(C2(C)CC(C)(C)c3cc(C)ccc32)cc1. The minimum atomic E-state index is -0.420. The summed E-state index contributed by atoms with van der Waals surface area (Å²) in [5, 5.41) is 0. The number of carbonyl (C=O) groups excluding carboxylic acids is 5. The van der Waals surface area contributed by atoms with E-state index in [2.05, 4.69) is 45.9 Å². The highest BCUT2D eigenvalue weighted by Gasteiger charge is 2.45. The number of imide groups is 2. The molecule has 0 spiro atoms. The molecule has 0 saturated carbocycles. The molecule has 44 heavy (non-hydrogen) atoms. The lowest BCUT2D eigenvalue weighted by molar-refractivity contribution is -0.125. The Morgan fingerprint density at radius 2 is 1.55 bits per heavy atom. The predicted molar refractivity (Wildman–Crippen MR) is 170 cm³/mol. The number of hydrogen-bond donors (Lipinski definition) is 0. The van der Waals surface area contributed by atoms with Crippen LogP contribution in [0.25, 0.3) is 0 Å². The number of benzene rings is 3. The molecule has 7 nitrogen and oxygen atoms in total. The van der Waals surface area contributed by atoms with E-state index in [0.717, 1.165) is 16.9 Å². The van der Waals surface area contributed by atoms with E-state index < -0.39 is 11.8 Å². The zero-order chi connectivity index (χ0) is 32.1. The van der Waals surface area contributed by atoms with Crippen molar-refractivity contribution in [1.29, 1.82) is 0 Å². The van der Waals surface area contributed by atoms with Crippen LogP contribution < -0.4 is 4.90 Å². The minimum Gasteiger partial charge on any atom is -0.294 e. The zero-order valence-corrected chi connectivity index (χ0v) is 26.6. The van der Waals surface area contributed by atoms with Crippen LogP contribution in [0.4, 0.5) is 5.69 Å². The molecule has 7 heteroatoms. The fourth-order valence-electron chi connectivity index (χ4n) is 7.11. The van der Waals surface area contributed by atoms with E-state index in [4.69, 9.17) is 0 Å². The van der Waals surface area contributed by atoms with E-state index in [1.54, 1.807) is 13.0 Å². The number of nitrogens with zero attached hydrogens (tertiary/aromatic N) is 2. The van der Waals surface area contributed by atoms with Crippen LogP contribution in [0.15, 0.2) is 60.7 Å². The first-order valence-electron chi connectivity index (χ1n) is 15.2. The van der Waals surface area contributed by atoms with E-state index in [0.29, 0.717) is 29.7 Å². The maximum Gasteiger partial charge on any atom is 0.261 e. The normalized spacial score (nSPS) is 19.0. The number of Topliss-reactive ketones (excluding diaryl/α,β-unsaturated/α-hetero) is 1. The van der Waals surface area contributed by atoms with Crippen molar-refractivity contribution < 1.29 is 24.0 Å². The van der Waals surface area contributed by atoms with Crippen LogP contribution in [0.3, 0.4) is 0 Å². The van der Waals surface area contributed by atoms with Crippen LogP contribution in [0.2, 0.25) is 0 Å². The average Bonchev–Trinajstić information content (AvgIpc) is 3.32. The number of fused-ring (bicyclic) bond motifs is 2. The molecule has 0 fully saturated rings. The summed E-state index contributed by atoms with van der Waals surface area (Å²) in [6.45, 7) is 12.1. The second kappa shape index (κ2) is 11.3. The van der Waals surface area contributed by atoms with Crippen LogP contribution in [-0.4, -0.2) is 41.4 Å². The van der Waals surface area contributed by atoms with Gasteiger partial charge in [0.15, 0.2) is 5.78 Å². The topological polar surface area (TPSA) is 91.8 Å². The molecule has 5 rings (SSSR count). The molecule has 1 heterocycles. The number of rotatable bonds is 8. The lowest BCUT2D eigenvalue weighted by Crippen LogP contribution is -2.35. The van der Waals surface area contributed by atoms with Gasteiger partial charge in [0.2, 0.25) is 11.8 Å². The Morgan fingerprint density at radius 1 is 0.886 bits per heavy atom. The summed E-state index contributed by atoms with van der Waals surface area (Å²) in [5.41, 5.74) is 6.34. The van der Waals surface area contributed by atoms with Crippen molar-refractivity contribution in [2.75, 3.05) is 11.9 Å². The van der Waals surface area contributed by atoms with Gasteiger partial charge >= 0.3 is 0 Å². The third-order valence-electron chi connectivity index (χ3n) is 9.47. The predicted octanol–water partition coefficient (Wildman–Crippen LogP) is 6.78. The number of ketones is 1. The van der Waals surface area contributed by atoms with Gasteiger partial charge in [-0.15, -0.1) is 0 Å². The van der Waals surface area contributed by atoms with E-state index in [-0.39, 0.29) is 46.3 Å². The molecular formula is C37H40N2O5. The molecule has 1 aliphatic heterocycles. The first-order chi connectivity index (χ1) is 20.7. The Hall–Kier alpha value is -4.39. The number of amides is 4. The Bertz CT molecular complexity index is 1700. The fraction of sp³-hybridized carbons (Fsp3) is 0.378. The molecule has 0 bridgehead atoms. The average molecular weight is 593 g/mol. The molecule has 2 unspecified atom stereocenters. The zero-order valence-electron chi connectivity index (χ0n) is 26.6. The van der Waals surface area contributed by atoms with E-state index in [1.807, 2.05) is 24.3 Å². The van der Waals surface area contributed by atoms with Crippen LogP contribution >= 0.6 is 0 Å². The van der Waals surface area contributed by atoms with Crippen molar-refractivity contribution in [2.24, 2.45) is 5.92 Å². The van der Waals surface area contributed by atoms with Gasteiger partial charge in [-0.05, 0) is 72.6 Å². The molecule has 1 aliphatic carbocycles. The summed E-state index contributed by atoms with van der Waals surface area (Å²) in [6, 6.07) is 19.0. The van der Waals surface area contributed by atoms with Gasteiger partial charge < -0.3 is 0 Å². The molecule has 0 saturated heterocycles. The van der Waals surface area contributed by atoms with Gasteiger partial charge in [-0.25, -0.2) is 0 Å². The molecule has 0 radical (unpaired) electrons. The van der Waals surface area contributed by atoms with E-state index in [9.17, 15) is 24.0 Å². The summed E-state index contributed by atoms with van der Waals surface area (Å²) < 4.78 is 0. The van der Waals surface area contributed by atoms with Crippen molar-refractivity contribution >= 4 is 35.1 Å². The molecule has 0 N–H and O–H groups in total. The van der Waals surface area contributed by atoms with Gasteiger partial charge in [-0.2, -0.15) is 0 Å². The molecule has 2 aliphatic rings. The lowest BCUT2D eigenvalue weighted by atomic mass is 9.75. The monoisotopic (exact) mass is 592 g/mol. The first kappa shape index (κ1) is 31.0. The molecule has 3 aromatic rings. The Labute approximate surface area is 259 Å². The summed E-state index contributed by atoms with van der Waals surface area (Å²) in [4.78, 5) is 65.7. The minimum absolute atomic E-state index is 0.0302. The van der Waals surface area contributed by atoms with Crippen LogP contribution in [-0.2, 0) is 20.4 Å². The van der Waals surface area contributed by atoms with Gasteiger partial charge in [0, 0.05) is 37.3 Å². The molecular weight excluding hydrogens is 552 g/mol. The third-order valence-corrected chi connectivity index (χ3v) is 9.47. The van der Waals surface area contributed by atoms with Gasteiger partial charge in [-0.3, -0.25) is 33.8 Å². The lowest BCUT2D eigenvalue weighted by Gasteiger charge is -2.29. The molecule has 3 aromatic carbocycles. The van der Waals surface area contributed by atoms with E-state index in [1.165, 1.54) is 47.7 Å². The highest BCUT2D eigenvalue weighted by atomic mass is 16.2. The van der Waals surface area contributed by atoms with Gasteiger partial charge in [-0.1, -0.05) is 69.7 Å². The van der Waals surface area contributed by atoms with Gasteiger partial charge in [0.25, 0.3) is 11.8 Å². The molecule has 0 aromatic heterocycles. The Kier molecular flexibility index (Phi) is 7.95. The fourth-order valence-corrected chi connectivity index (χ4v) is 7.11. The highest BCUT2D eigenvalue weighted by molar-refractivity contribution is 6.22. The largest absolute Gasteiger partial charge is 0.294 e. The van der Waals surface area contributed by atoms with Gasteiger partial charge in [0.05, 0.1) is 16.8 Å². The Balaban J connectivity index is 1.24. The summed E-state index contributed by atoms with van der Waals surface area (Å²) in [6.07, 6.45) is 1.93. The number of aryl methyl sites for hydroxylation is 1. The second-order valence-corrected chi connectivity index (χ2v) is 13.3. The van der Waals surface area contributed by atoms with Crippen LogP contribution in [0.5, 0.6) is 0 Å². The summed E-state index contributed by atoms with van der Waals surface area (Å²) >= 11 is 0.